The average Bonchev–Trinajstić information content (AvgIpc) is 3.29. The van der Waals surface area contributed by atoms with Crippen LogP contribution in [0.4, 0.5) is 0 Å². The van der Waals surface area contributed by atoms with Gasteiger partial charge in [-0.25, -0.2) is 0 Å². The molecule has 1 aliphatic heterocycles. The van der Waals surface area contributed by atoms with E-state index in [1.54, 1.807) is 7.05 Å². The van der Waals surface area contributed by atoms with Crippen molar-refractivity contribution >= 4 is 5.96 Å². The molecule has 6 heteroatoms. The van der Waals surface area contributed by atoms with Gasteiger partial charge in [0.2, 0.25) is 0 Å². The van der Waals surface area contributed by atoms with Crippen LogP contribution in [0.1, 0.15) is 24.0 Å². The number of guanidine groups is 1. The summed E-state index contributed by atoms with van der Waals surface area (Å²) in [5, 5.41) is 6.70. The highest BCUT2D eigenvalue weighted by atomic mass is 16.5. The number of benzene rings is 2. The smallest absolute Gasteiger partial charge is 0.191 e. The first-order chi connectivity index (χ1) is 14.7. The summed E-state index contributed by atoms with van der Waals surface area (Å²) in [6.45, 7) is 6.75. The third-order valence-corrected chi connectivity index (χ3v) is 5.03. The van der Waals surface area contributed by atoms with Gasteiger partial charge in [-0.1, -0.05) is 35.9 Å². The third kappa shape index (κ3) is 7.35. The van der Waals surface area contributed by atoms with Crippen molar-refractivity contribution in [2.75, 3.05) is 40.0 Å². The molecule has 1 heterocycles. The molecular formula is C24H33N3O3. The van der Waals surface area contributed by atoms with E-state index in [-0.39, 0.29) is 0 Å². The maximum atomic E-state index is 6.07. The van der Waals surface area contributed by atoms with Gasteiger partial charge in [-0.15, -0.1) is 0 Å². The molecule has 1 atom stereocenters. The number of aliphatic imine (C=N–C) groups is 1. The van der Waals surface area contributed by atoms with Crippen molar-refractivity contribution in [3.63, 3.8) is 0 Å². The van der Waals surface area contributed by atoms with Gasteiger partial charge in [0.25, 0.3) is 0 Å². The Morgan fingerprint density at radius 1 is 1.13 bits per heavy atom. The summed E-state index contributed by atoms with van der Waals surface area (Å²) in [5.74, 6) is 3.01. The highest BCUT2D eigenvalue weighted by Gasteiger charge is 2.15. The summed E-state index contributed by atoms with van der Waals surface area (Å²) in [6, 6.07) is 16.1. The minimum absolute atomic E-state index is 0.564. The molecule has 2 N–H and O–H groups in total. The van der Waals surface area contributed by atoms with Gasteiger partial charge in [0.1, 0.15) is 11.5 Å². The fourth-order valence-electron chi connectivity index (χ4n) is 3.23. The van der Waals surface area contributed by atoms with Crippen LogP contribution in [0.25, 0.3) is 0 Å². The van der Waals surface area contributed by atoms with Crippen LogP contribution in [0.15, 0.2) is 53.5 Å². The monoisotopic (exact) mass is 411 g/mol. The van der Waals surface area contributed by atoms with Crippen LogP contribution < -0.4 is 15.4 Å². The summed E-state index contributed by atoms with van der Waals surface area (Å²) in [4.78, 5) is 4.30. The van der Waals surface area contributed by atoms with Crippen LogP contribution in [0.2, 0.25) is 0 Å². The summed E-state index contributed by atoms with van der Waals surface area (Å²) in [6.07, 6.45) is 2.05. The highest BCUT2D eigenvalue weighted by molar-refractivity contribution is 5.79. The second-order valence-electron chi connectivity index (χ2n) is 7.53. The van der Waals surface area contributed by atoms with Crippen LogP contribution in [-0.4, -0.2) is 46.0 Å². The molecule has 1 aliphatic rings. The van der Waals surface area contributed by atoms with E-state index in [4.69, 9.17) is 14.2 Å². The molecule has 0 radical (unpaired) electrons. The van der Waals surface area contributed by atoms with Gasteiger partial charge in [-0.2, -0.15) is 0 Å². The van der Waals surface area contributed by atoms with E-state index in [0.717, 1.165) is 68.8 Å². The largest absolute Gasteiger partial charge is 0.457 e. The fourth-order valence-corrected chi connectivity index (χ4v) is 3.23. The first-order valence-electron chi connectivity index (χ1n) is 10.7. The van der Waals surface area contributed by atoms with Crippen molar-refractivity contribution < 1.29 is 14.2 Å². The third-order valence-electron chi connectivity index (χ3n) is 5.03. The molecule has 0 saturated carbocycles. The van der Waals surface area contributed by atoms with E-state index in [1.165, 1.54) is 5.56 Å². The maximum Gasteiger partial charge on any atom is 0.191 e. The fraction of sp³-hybridized carbons (Fsp3) is 0.458. The Morgan fingerprint density at radius 3 is 2.73 bits per heavy atom. The molecule has 0 aromatic heterocycles. The van der Waals surface area contributed by atoms with Gasteiger partial charge in [0.05, 0.1) is 13.2 Å². The van der Waals surface area contributed by atoms with Gasteiger partial charge in [0.15, 0.2) is 5.96 Å². The molecule has 1 fully saturated rings. The lowest BCUT2D eigenvalue weighted by Gasteiger charge is -2.15. The Bertz CT molecular complexity index is 787. The summed E-state index contributed by atoms with van der Waals surface area (Å²) in [5.41, 5.74) is 2.29. The number of rotatable bonds is 10. The quantitative estimate of drug-likeness (QED) is 0.353. The predicted molar refractivity (Wildman–Crippen MR) is 120 cm³/mol. The van der Waals surface area contributed by atoms with Crippen molar-refractivity contribution in [3.8, 4) is 11.5 Å². The first-order valence-corrected chi connectivity index (χ1v) is 10.7. The number of nitrogens with zero attached hydrogens (tertiary/aromatic N) is 1. The Hall–Kier alpha value is -2.57. The lowest BCUT2D eigenvalue weighted by Crippen LogP contribution is -2.37. The molecule has 0 aliphatic carbocycles. The van der Waals surface area contributed by atoms with Crippen LogP contribution in [0.5, 0.6) is 11.5 Å². The van der Waals surface area contributed by atoms with Gasteiger partial charge in [-0.3, -0.25) is 4.99 Å². The van der Waals surface area contributed by atoms with Crippen molar-refractivity contribution in [1.82, 2.24) is 10.6 Å². The second kappa shape index (κ2) is 12.2. The van der Waals surface area contributed by atoms with Crippen molar-refractivity contribution in [3.05, 3.63) is 59.7 Å². The normalized spacial score (nSPS) is 16.5. The molecule has 1 saturated heterocycles. The van der Waals surface area contributed by atoms with Gasteiger partial charge in [-0.05, 0) is 38.0 Å². The molecule has 0 bridgehead atoms. The molecule has 0 spiro atoms. The first kappa shape index (κ1) is 22.1. The summed E-state index contributed by atoms with van der Waals surface area (Å²) >= 11 is 0. The van der Waals surface area contributed by atoms with Crippen LogP contribution in [-0.2, 0) is 16.0 Å². The van der Waals surface area contributed by atoms with E-state index in [1.807, 2.05) is 42.5 Å². The molecular weight excluding hydrogens is 378 g/mol. The van der Waals surface area contributed by atoms with E-state index in [2.05, 4.69) is 28.6 Å². The molecule has 6 nitrogen and oxygen atoms in total. The van der Waals surface area contributed by atoms with E-state index >= 15 is 0 Å². The van der Waals surface area contributed by atoms with Gasteiger partial charge in [0, 0.05) is 44.8 Å². The predicted octanol–water partition coefficient (Wildman–Crippen LogP) is 3.90. The Balaban J connectivity index is 1.39. The van der Waals surface area contributed by atoms with Crippen LogP contribution in [0.3, 0.4) is 0 Å². The number of nitrogens with one attached hydrogen (secondary N) is 2. The zero-order chi connectivity index (χ0) is 21.0. The molecule has 0 amide bonds. The number of hydrogen-bond donors (Lipinski definition) is 2. The summed E-state index contributed by atoms with van der Waals surface area (Å²) < 4.78 is 17.2. The summed E-state index contributed by atoms with van der Waals surface area (Å²) in [7, 11) is 1.78. The molecule has 2 aromatic carbocycles. The zero-order valence-corrected chi connectivity index (χ0v) is 18.0. The van der Waals surface area contributed by atoms with E-state index in [9.17, 15) is 0 Å². The van der Waals surface area contributed by atoms with E-state index < -0.39 is 0 Å². The van der Waals surface area contributed by atoms with Crippen molar-refractivity contribution in [1.29, 1.82) is 0 Å². The molecule has 30 heavy (non-hydrogen) atoms. The average molecular weight is 412 g/mol. The molecule has 3 rings (SSSR count). The topological polar surface area (TPSA) is 64.1 Å². The number of aryl methyl sites for hydroxylation is 1. The van der Waals surface area contributed by atoms with Crippen LogP contribution in [0, 0.1) is 12.8 Å². The maximum absolute atomic E-state index is 6.07. The van der Waals surface area contributed by atoms with Gasteiger partial charge >= 0.3 is 0 Å². The minimum atomic E-state index is 0.564. The van der Waals surface area contributed by atoms with Crippen LogP contribution >= 0.6 is 0 Å². The Labute approximate surface area is 179 Å². The number of hydrogen-bond acceptors (Lipinski definition) is 4. The molecule has 2 aromatic rings. The lowest BCUT2D eigenvalue weighted by molar-refractivity contribution is 0.0888. The highest BCUT2D eigenvalue weighted by Crippen LogP contribution is 2.25. The van der Waals surface area contributed by atoms with Crippen molar-refractivity contribution in [2.24, 2.45) is 10.9 Å². The lowest BCUT2D eigenvalue weighted by atomic mass is 10.1. The van der Waals surface area contributed by atoms with E-state index in [0.29, 0.717) is 12.5 Å². The van der Waals surface area contributed by atoms with Gasteiger partial charge < -0.3 is 24.8 Å². The Kier molecular flexibility index (Phi) is 9.00. The van der Waals surface area contributed by atoms with Crippen molar-refractivity contribution in [2.45, 2.75) is 26.3 Å². The molecule has 1 unspecified atom stereocenters. The minimum Gasteiger partial charge on any atom is -0.457 e. The SMILES string of the molecule is CN=C(NCCCOCC1CCOC1)NCc1ccccc1Oc1ccc(C)cc1. The zero-order valence-electron chi connectivity index (χ0n) is 18.0. The second-order valence-corrected chi connectivity index (χ2v) is 7.53. The number of para-hydroxylation sites is 1. The number of ether oxygens (including phenoxy) is 3. The molecule has 162 valence electrons. The standard InChI is InChI=1S/C24H33N3O3/c1-19-8-10-22(11-9-19)30-23-7-4-3-6-21(23)16-27-24(25-2)26-13-5-14-28-17-20-12-15-29-18-20/h3-4,6-11,20H,5,12-18H2,1-2H3,(H2,25,26,27). The Morgan fingerprint density at radius 2 is 1.97 bits per heavy atom.